The van der Waals surface area contributed by atoms with Gasteiger partial charge in [-0.25, -0.2) is 5.43 Å². The molecular weight excluding hydrogens is 280 g/mol. The van der Waals surface area contributed by atoms with Crippen LogP contribution in [-0.4, -0.2) is 31.9 Å². The predicted octanol–water partition coefficient (Wildman–Crippen LogP) is 1.57. The zero-order chi connectivity index (χ0) is 15.4. The first-order valence-electron chi connectivity index (χ1n) is 6.64. The van der Waals surface area contributed by atoms with Crippen LogP contribution in [0.5, 0.6) is 0 Å². The number of nitrogens with zero attached hydrogens (tertiary/aromatic N) is 4. The molecule has 110 valence electrons. The van der Waals surface area contributed by atoms with Gasteiger partial charge in [0.2, 0.25) is 0 Å². The fraction of sp³-hybridized carbons (Fsp3) is 0.0667. The van der Waals surface area contributed by atoms with Gasteiger partial charge in [-0.15, -0.1) is 0 Å². The first kappa shape index (κ1) is 13.7. The van der Waals surface area contributed by atoms with Gasteiger partial charge in [-0.05, 0) is 35.9 Å². The number of H-pyrrole nitrogens is 1. The molecule has 7 nitrogen and oxygen atoms in total. The average molecular weight is 294 g/mol. The Labute approximate surface area is 126 Å². The molecule has 0 radical (unpaired) electrons. The third kappa shape index (κ3) is 2.93. The molecule has 7 heteroatoms. The van der Waals surface area contributed by atoms with Crippen LogP contribution in [0.1, 0.15) is 16.1 Å². The van der Waals surface area contributed by atoms with E-state index >= 15 is 0 Å². The topological polar surface area (TPSA) is 88.0 Å². The molecule has 0 aliphatic rings. The molecule has 1 amide bonds. The number of carbonyl (C=O) groups excluding carboxylic acids is 1. The number of hydrazone groups is 1. The van der Waals surface area contributed by atoms with Gasteiger partial charge in [0.1, 0.15) is 11.4 Å². The van der Waals surface area contributed by atoms with Crippen LogP contribution in [0.25, 0.3) is 11.4 Å². The maximum Gasteiger partial charge on any atom is 0.289 e. The molecule has 0 aliphatic heterocycles. The second-order valence-corrected chi connectivity index (χ2v) is 4.65. The number of carbonyl (C=O) groups is 1. The fourth-order valence-electron chi connectivity index (χ4n) is 1.97. The van der Waals surface area contributed by atoms with Crippen molar-refractivity contribution >= 4 is 12.1 Å². The minimum absolute atomic E-state index is 0.349. The van der Waals surface area contributed by atoms with E-state index in [9.17, 15) is 4.79 Å². The number of rotatable bonds is 4. The van der Waals surface area contributed by atoms with E-state index in [-0.39, 0.29) is 5.91 Å². The predicted molar refractivity (Wildman–Crippen MR) is 82.3 cm³/mol. The van der Waals surface area contributed by atoms with Crippen LogP contribution in [0.3, 0.4) is 0 Å². The van der Waals surface area contributed by atoms with E-state index in [4.69, 9.17) is 0 Å². The number of aromatic amines is 1. The van der Waals surface area contributed by atoms with E-state index in [1.165, 1.54) is 0 Å². The van der Waals surface area contributed by atoms with E-state index in [2.05, 4.69) is 25.7 Å². The Hall–Kier alpha value is -3.22. The van der Waals surface area contributed by atoms with E-state index in [0.717, 1.165) is 11.3 Å². The van der Waals surface area contributed by atoms with Gasteiger partial charge in [-0.3, -0.25) is 14.9 Å². The largest absolute Gasteiger partial charge is 0.349 e. The molecule has 3 rings (SSSR count). The summed E-state index contributed by atoms with van der Waals surface area (Å²) in [5.74, 6) is -0.349. The molecule has 0 fully saturated rings. The van der Waals surface area contributed by atoms with Crippen molar-refractivity contribution in [2.45, 2.75) is 0 Å². The highest BCUT2D eigenvalue weighted by Crippen LogP contribution is 2.17. The van der Waals surface area contributed by atoms with E-state index in [1.54, 1.807) is 36.8 Å². The van der Waals surface area contributed by atoms with Gasteiger partial charge in [-0.1, -0.05) is 0 Å². The van der Waals surface area contributed by atoms with Crippen molar-refractivity contribution in [3.05, 3.63) is 60.2 Å². The second-order valence-electron chi connectivity index (χ2n) is 4.65. The maximum absolute atomic E-state index is 12.0. The van der Waals surface area contributed by atoms with Crippen molar-refractivity contribution in [3.8, 4) is 11.4 Å². The Morgan fingerprint density at radius 2 is 2.18 bits per heavy atom. The lowest BCUT2D eigenvalue weighted by molar-refractivity contribution is 0.0950. The number of hydrogen-bond acceptors (Lipinski definition) is 4. The summed E-state index contributed by atoms with van der Waals surface area (Å²) in [6.45, 7) is 0. The summed E-state index contributed by atoms with van der Waals surface area (Å²) in [6.07, 6.45) is 6.78. The number of amides is 1. The standard InChI is InChI=1S/C15H14N6O/c1-21-8-2-3-14(21)12-9-13(19-18-12)15(22)20-17-10-11-4-6-16-7-5-11/h2-10H,1H3,(H,18,19)(H,20,22)/b17-10+. The van der Waals surface area contributed by atoms with Gasteiger partial charge in [0.25, 0.3) is 5.91 Å². The molecule has 0 saturated carbocycles. The van der Waals surface area contributed by atoms with Crippen LogP contribution >= 0.6 is 0 Å². The maximum atomic E-state index is 12.0. The molecule has 0 aliphatic carbocycles. The number of pyridine rings is 1. The Morgan fingerprint density at radius 3 is 2.91 bits per heavy atom. The summed E-state index contributed by atoms with van der Waals surface area (Å²) < 4.78 is 1.93. The molecule has 3 aromatic rings. The lowest BCUT2D eigenvalue weighted by Crippen LogP contribution is -2.18. The van der Waals surface area contributed by atoms with Crippen LogP contribution in [0, 0.1) is 0 Å². The summed E-state index contributed by atoms with van der Waals surface area (Å²) in [5.41, 5.74) is 5.28. The number of nitrogens with one attached hydrogen (secondary N) is 2. The van der Waals surface area contributed by atoms with Crippen molar-refractivity contribution in [2.75, 3.05) is 0 Å². The number of hydrogen-bond donors (Lipinski definition) is 2. The highest BCUT2D eigenvalue weighted by Gasteiger charge is 2.11. The van der Waals surface area contributed by atoms with Crippen molar-refractivity contribution in [2.24, 2.45) is 12.1 Å². The van der Waals surface area contributed by atoms with E-state index < -0.39 is 0 Å². The van der Waals surface area contributed by atoms with E-state index in [1.807, 2.05) is 29.9 Å². The highest BCUT2D eigenvalue weighted by molar-refractivity contribution is 5.94. The Balaban J connectivity index is 1.67. The quantitative estimate of drug-likeness (QED) is 0.565. The Bertz CT molecular complexity index is 802. The molecule has 0 atom stereocenters. The smallest absolute Gasteiger partial charge is 0.289 e. The molecule has 0 unspecified atom stereocenters. The fourth-order valence-corrected chi connectivity index (χ4v) is 1.97. The SMILES string of the molecule is Cn1cccc1-c1cc(C(=O)N/N=C/c2ccncc2)[nH]n1. The number of aryl methyl sites for hydroxylation is 1. The highest BCUT2D eigenvalue weighted by atomic mass is 16.2. The third-order valence-electron chi connectivity index (χ3n) is 3.11. The van der Waals surface area contributed by atoms with Gasteiger partial charge < -0.3 is 4.57 Å². The van der Waals surface area contributed by atoms with Gasteiger partial charge >= 0.3 is 0 Å². The normalized spacial score (nSPS) is 11.0. The first-order chi connectivity index (χ1) is 10.7. The Morgan fingerprint density at radius 1 is 1.36 bits per heavy atom. The summed E-state index contributed by atoms with van der Waals surface area (Å²) in [6, 6.07) is 9.12. The molecule has 3 aromatic heterocycles. The molecule has 3 heterocycles. The molecule has 0 spiro atoms. The summed E-state index contributed by atoms with van der Waals surface area (Å²) in [4.78, 5) is 15.9. The molecular formula is C15H14N6O. The monoisotopic (exact) mass is 294 g/mol. The second kappa shape index (κ2) is 6.04. The van der Waals surface area contributed by atoms with Crippen LogP contribution < -0.4 is 5.43 Å². The average Bonchev–Trinajstić information content (AvgIpc) is 3.17. The van der Waals surface area contributed by atoms with Crippen LogP contribution in [0.15, 0.2) is 54.0 Å². The minimum Gasteiger partial charge on any atom is -0.349 e. The zero-order valence-corrected chi connectivity index (χ0v) is 11.9. The van der Waals surface area contributed by atoms with Crippen molar-refractivity contribution in [1.29, 1.82) is 0 Å². The van der Waals surface area contributed by atoms with Crippen LogP contribution in [-0.2, 0) is 7.05 Å². The molecule has 0 bridgehead atoms. The van der Waals surface area contributed by atoms with Gasteiger partial charge in [0.15, 0.2) is 0 Å². The molecule has 22 heavy (non-hydrogen) atoms. The van der Waals surface area contributed by atoms with Gasteiger partial charge in [-0.2, -0.15) is 10.2 Å². The lowest BCUT2D eigenvalue weighted by atomic mass is 10.3. The van der Waals surface area contributed by atoms with Crippen molar-refractivity contribution in [3.63, 3.8) is 0 Å². The zero-order valence-electron chi connectivity index (χ0n) is 11.9. The van der Waals surface area contributed by atoms with Crippen molar-refractivity contribution in [1.82, 2.24) is 25.2 Å². The first-order valence-corrected chi connectivity index (χ1v) is 6.64. The summed E-state index contributed by atoms with van der Waals surface area (Å²) >= 11 is 0. The van der Waals surface area contributed by atoms with Gasteiger partial charge in [0, 0.05) is 25.6 Å². The number of aromatic nitrogens is 4. The third-order valence-corrected chi connectivity index (χ3v) is 3.11. The van der Waals surface area contributed by atoms with E-state index in [0.29, 0.717) is 11.4 Å². The van der Waals surface area contributed by atoms with Crippen LogP contribution in [0.4, 0.5) is 0 Å². The summed E-state index contributed by atoms with van der Waals surface area (Å²) in [5, 5.41) is 10.8. The summed E-state index contributed by atoms with van der Waals surface area (Å²) in [7, 11) is 1.92. The van der Waals surface area contributed by atoms with Crippen molar-refractivity contribution < 1.29 is 4.79 Å². The molecule has 0 saturated heterocycles. The molecule has 0 aromatic carbocycles. The lowest BCUT2D eigenvalue weighted by Gasteiger charge is -1.97. The van der Waals surface area contributed by atoms with Gasteiger partial charge in [0.05, 0.1) is 11.9 Å². The van der Waals surface area contributed by atoms with Crippen LogP contribution in [0.2, 0.25) is 0 Å². The Kier molecular flexibility index (Phi) is 3.78. The molecule has 2 N–H and O–H groups in total. The minimum atomic E-state index is -0.349.